The predicted octanol–water partition coefficient (Wildman–Crippen LogP) is 2.64. The topological polar surface area (TPSA) is 65.1 Å². The van der Waals surface area contributed by atoms with E-state index in [0.717, 1.165) is 73.7 Å². The summed E-state index contributed by atoms with van der Waals surface area (Å²) in [5.74, 6) is 1.97. The van der Waals surface area contributed by atoms with Crippen molar-refractivity contribution in [3.05, 3.63) is 46.0 Å². The van der Waals surface area contributed by atoms with Gasteiger partial charge in [0.15, 0.2) is 5.82 Å². The molecule has 2 aliphatic rings. The summed E-state index contributed by atoms with van der Waals surface area (Å²) in [6.07, 6.45) is 3.06. The fraction of sp³-hybridized carbons (Fsp3) is 0.526. The fourth-order valence-corrected chi connectivity index (χ4v) is 4.26. The van der Waals surface area contributed by atoms with Crippen molar-refractivity contribution in [1.29, 1.82) is 0 Å². The van der Waals surface area contributed by atoms with Crippen LogP contribution in [0.1, 0.15) is 36.5 Å². The SMILES string of the molecule is Cc1nc(CN2CCN(C(=O)C3(c4ccc(Br)cc4)CCC3)CC2)n[nH]1. The molecule has 7 heteroatoms. The zero-order valence-electron chi connectivity index (χ0n) is 15.0. The molecule has 0 atom stereocenters. The van der Waals surface area contributed by atoms with E-state index in [2.05, 4.69) is 53.0 Å². The molecule has 2 aromatic rings. The van der Waals surface area contributed by atoms with E-state index in [0.29, 0.717) is 5.91 Å². The number of nitrogens with one attached hydrogen (secondary N) is 1. The highest BCUT2D eigenvalue weighted by Crippen LogP contribution is 2.45. The van der Waals surface area contributed by atoms with Gasteiger partial charge in [-0.3, -0.25) is 14.8 Å². The number of nitrogens with zero attached hydrogens (tertiary/aromatic N) is 4. The number of aryl methyl sites for hydroxylation is 1. The second kappa shape index (κ2) is 7.12. The standard InChI is InChI=1S/C19H24BrN5O/c1-14-21-17(23-22-14)13-24-9-11-25(12-10-24)18(26)19(7-2-8-19)15-3-5-16(20)6-4-15/h3-6H,2,7-13H2,1H3,(H,21,22,23). The Hall–Kier alpha value is -1.73. The molecular formula is C19H24BrN5O. The molecule has 4 rings (SSSR count). The van der Waals surface area contributed by atoms with Crippen LogP contribution in [0.2, 0.25) is 0 Å². The number of halogens is 1. The van der Waals surface area contributed by atoms with Gasteiger partial charge in [0.2, 0.25) is 5.91 Å². The molecule has 1 saturated carbocycles. The lowest BCUT2D eigenvalue weighted by Gasteiger charge is -2.46. The maximum atomic E-state index is 13.3. The van der Waals surface area contributed by atoms with Gasteiger partial charge in [0.05, 0.1) is 12.0 Å². The monoisotopic (exact) mass is 417 g/mol. The zero-order chi connectivity index (χ0) is 18.1. The summed E-state index contributed by atoms with van der Waals surface area (Å²) in [5.41, 5.74) is 0.861. The minimum atomic E-state index is -0.302. The fourth-order valence-electron chi connectivity index (χ4n) is 4.00. The van der Waals surface area contributed by atoms with Gasteiger partial charge in [-0.1, -0.05) is 34.5 Å². The maximum Gasteiger partial charge on any atom is 0.233 e. The zero-order valence-corrected chi connectivity index (χ0v) is 16.6. The van der Waals surface area contributed by atoms with E-state index >= 15 is 0 Å². The smallest absolute Gasteiger partial charge is 0.233 e. The average molecular weight is 418 g/mol. The molecule has 0 spiro atoms. The number of hydrogen-bond donors (Lipinski definition) is 1. The van der Waals surface area contributed by atoms with E-state index < -0.39 is 0 Å². The van der Waals surface area contributed by atoms with Crippen molar-refractivity contribution in [1.82, 2.24) is 25.0 Å². The molecule has 1 aromatic heterocycles. The van der Waals surface area contributed by atoms with Crippen LogP contribution in [-0.2, 0) is 16.8 Å². The summed E-state index contributed by atoms with van der Waals surface area (Å²) in [7, 11) is 0. The Morgan fingerprint density at radius 2 is 1.88 bits per heavy atom. The highest BCUT2D eigenvalue weighted by Gasteiger charge is 2.47. The van der Waals surface area contributed by atoms with Crippen molar-refractivity contribution in [2.75, 3.05) is 26.2 Å². The molecule has 138 valence electrons. The number of aromatic nitrogens is 3. The molecule has 2 fully saturated rings. The molecule has 1 saturated heterocycles. The predicted molar refractivity (Wildman–Crippen MR) is 103 cm³/mol. The molecule has 1 aliphatic heterocycles. The largest absolute Gasteiger partial charge is 0.339 e. The number of aromatic amines is 1. The third-order valence-electron chi connectivity index (χ3n) is 5.68. The van der Waals surface area contributed by atoms with Crippen molar-refractivity contribution in [3.63, 3.8) is 0 Å². The van der Waals surface area contributed by atoms with Gasteiger partial charge in [0.1, 0.15) is 5.82 Å². The third kappa shape index (κ3) is 3.30. The molecule has 0 unspecified atom stereocenters. The quantitative estimate of drug-likeness (QED) is 0.829. The molecule has 1 N–H and O–H groups in total. The Morgan fingerprint density at radius 3 is 2.42 bits per heavy atom. The summed E-state index contributed by atoms with van der Waals surface area (Å²) in [5, 5.41) is 7.10. The van der Waals surface area contributed by atoms with Crippen molar-refractivity contribution in [2.45, 2.75) is 38.1 Å². The van der Waals surface area contributed by atoms with Gasteiger partial charge in [-0.2, -0.15) is 5.10 Å². The Kier molecular flexibility index (Phi) is 4.84. The number of carbonyl (C=O) groups is 1. The Morgan fingerprint density at radius 1 is 1.19 bits per heavy atom. The van der Waals surface area contributed by atoms with Gasteiger partial charge in [-0.05, 0) is 37.5 Å². The highest BCUT2D eigenvalue weighted by atomic mass is 79.9. The van der Waals surface area contributed by atoms with Gasteiger partial charge in [-0.15, -0.1) is 0 Å². The molecule has 6 nitrogen and oxygen atoms in total. The number of hydrogen-bond acceptors (Lipinski definition) is 4. The highest BCUT2D eigenvalue weighted by molar-refractivity contribution is 9.10. The Balaban J connectivity index is 1.40. The van der Waals surface area contributed by atoms with Gasteiger partial charge >= 0.3 is 0 Å². The first-order valence-corrected chi connectivity index (χ1v) is 10.0. The van der Waals surface area contributed by atoms with Gasteiger partial charge in [0.25, 0.3) is 0 Å². The first-order chi connectivity index (χ1) is 12.6. The third-order valence-corrected chi connectivity index (χ3v) is 6.21. The first-order valence-electron chi connectivity index (χ1n) is 9.22. The molecule has 0 radical (unpaired) electrons. The van der Waals surface area contributed by atoms with Crippen LogP contribution in [0, 0.1) is 6.92 Å². The van der Waals surface area contributed by atoms with E-state index in [1.165, 1.54) is 0 Å². The molecule has 2 heterocycles. The second-order valence-electron chi connectivity index (χ2n) is 7.35. The van der Waals surface area contributed by atoms with Crippen LogP contribution in [-0.4, -0.2) is 57.1 Å². The summed E-state index contributed by atoms with van der Waals surface area (Å²) in [4.78, 5) is 22.1. The van der Waals surface area contributed by atoms with Crippen molar-refractivity contribution >= 4 is 21.8 Å². The van der Waals surface area contributed by atoms with E-state index in [1.54, 1.807) is 0 Å². The Labute approximate surface area is 162 Å². The Bertz CT molecular complexity index is 775. The lowest BCUT2D eigenvalue weighted by molar-refractivity contribution is -0.142. The first kappa shape index (κ1) is 17.7. The second-order valence-corrected chi connectivity index (χ2v) is 8.26. The van der Waals surface area contributed by atoms with Crippen molar-refractivity contribution in [3.8, 4) is 0 Å². The van der Waals surface area contributed by atoms with Crippen molar-refractivity contribution in [2.24, 2.45) is 0 Å². The summed E-state index contributed by atoms with van der Waals surface area (Å²) >= 11 is 3.49. The summed E-state index contributed by atoms with van der Waals surface area (Å²) in [6, 6.07) is 8.28. The normalized spacial score (nSPS) is 20.0. The van der Waals surface area contributed by atoms with Gasteiger partial charge in [0, 0.05) is 30.7 Å². The van der Waals surface area contributed by atoms with Gasteiger partial charge in [-0.25, -0.2) is 4.98 Å². The van der Waals surface area contributed by atoms with E-state index in [9.17, 15) is 4.79 Å². The minimum absolute atomic E-state index is 0.302. The van der Waals surface area contributed by atoms with Crippen LogP contribution in [0.25, 0.3) is 0 Å². The van der Waals surface area contributed by atoms with Gasteiger partial charge < -0.3 is 4.90 Å². The van der Waals surface area contributed by atoms with Crippen LogP contribution in [0.3, 0.4) is 0 Å². The lowest BCUT2D eigenvalue weighted by Crippen LogP contribution is -2.56. The number of rotatable bonds is 4. The van der Waals surface area contributed by atoms with Crippen molar-refractivity contribution < 1.29 is 4.79 Å². The number of benzene rings is 1. The molecule has 1 amide bonds. The van der Waals surface area contributed by atoms with E-state index in [-0.39, 0.29) is 5.41 Å². The number of H-pyrrole nitrogens is 1. The van der Waals surface area contributed by atoms with Crippen LogP contribution >= 0.6 is 15.9 Å². The van der Waals surface area contributed by atoms with E-state index in [1.807, 2.05) is 19.1 Å². The van der Waals surface area contributed by atoms with Crippen LogP contribution in [0.15, 0.2) is 28.7 Å². The number of carbonyl (C=O) groups excluding carboxylic acids is 1. The van der Waals surface area contributed by atoms with Crippen LogP contribution < -0.4 is 0 Å². The lowest BCUT2D eigenvalue weighted by atomic mass is 9.63. The summed E-state index contributed by atoms with van der Waals surface area (Å²) in [6.45, 7) is 5.95. The number of amides is 1. The molecule has 1 aliphatic carbocycles. The maximum absolute atomic E-state index is 13.3. The van der Waals surface area contributed by atoms with Crippen LogP contribution in [0.4, 0.5) is 0 Å². The molecular weight excluding hydrogens is 394 g/mol. The van der Waals surface area contributed by atoms with E-state index in [4.69, 9.17) is 0 Å². The number of piperazine rings is 1. The molecule has 1 aromatic carbocycles. The molecule has 26 heavy (non-hydrogen) atoms. The minimum Gasteiger partial charge on any atom is -0.339 e. The summed E-state index contributed by atoms with van der Waals surface area (Å²) < 4.78 is 1.05. The average Bonchev–Trinajstić information content (AvgIpc) is 3.01. The molecule has 0 bridgehead atoms. The van der Waals surface area contributed by atoms with Crippen LogP contribution in [0.5, 0.6) is 0 Å².